The molecular formula is C21H19N7O. The zero-order valence-corrected chi connectivity index (χ0v) is 16.3. The predicted octanol–water partition coefficient (Wildman–Crippen LogP) is 3.02. The third kappa shape index (κ3) is 4.28. The first kappa shape index (κ1) is 19.7. The van der Waals surface area contributed by atoms with E-state index in [1.165, 1.54) is 23.3 Å². The summed E-state index contributed by atoms with van der Waals surface area (Å²) in [6.07, 6.45) is 6.03. The molecule has 29 heavy (non-hydrogen) atoms. The van der Waals surface area contributed by atoms with Crippen molar-refractivity contribution < 1.29 is 4.79 Å². The van der Waals surface area contributed by atoms with Crippen molar-refractivity contribution in [2.24, 2.45) is 0 Å². The van der Waals surface area contributed by atoms with Gasteiger partial charge >= 0.3 is 0 Å². The number of hydrogen-bond acceptors (Lipinski definition) is 6. The van der Waals surface area contributed by atoms with E-state index in [-0.39, 0.29) is 11.8 Å². The molecule has 0 aliphatic carbocycles. The van der Waals surface area contributed by atoms with Crippen molar-refractivity contribution >= 4 is 5.91 Å². The predicted molar refractivity (Wildman–Crippen MR) is 105 cm³/mol. The van der Waals surface area contributed by atoms with Gasteiger partial charge in [-0.1, -0.05) is 13.8 Å². The Morgan fingerprint density at radius 3 is 2.45 bits per heavy atom. The fourth-order valence-electron chi connectivity index (χ4n) is 2.85. The molecule has 8 nitrogen and oxygen atoms in total. The number of hydrogen-bond donors (Lipinski definition) is 1. The molecule has 0 saturated heterocycles. The highest BCUT2D eigenvalue weighted by molar-refractivity contribution is 5.95. The van der Waals surface area contributed by atoms with E-state index in [4.69, 9.17) is 5.26 Å². The van der Waals surface area contributed by atoms with Gasteiger partial charge < -0.3 is 5.32 Å². The number of benzene rings is 1. The maximum Gasteiger partial charge on any atom is 0.251 e. The lowest BCUT2D eigenvalue weighted by atomic mass is 9.97. The van der Waals surface area contributed by atoms with Gasteiger partial charge in [0.15, 0.2) is 5.82 Å². The van der Waals surface area contributed by atoms with Gasteiger partial charge in [-0.25, -0.2) is 9.67 Å². The molecule has 0 fully saturated rings. The number of nitrogens with zero attached hydrogens (tertiary/aromatic N) is 6. The van der Waals surface area contributed by atoms with Gasteiger partial charge in [0.1, 0.15) is 11.8 Å². The first-order chi connectivity index (χ1) is 13.9. The van der Waals surface area contributed by atoms with E-state index in [9.17, 15) is 10.1 Å². The standard InChI is InChI=1S/C21H19N7O/c1-13(2)17-6-15(9-22)7-18(8-17)21(29)27-14(3)19-20(25-5-4-24-19)28-12-16(10-23)11-26-28/h4-8,11-14H,1-3H3,(H,27,29). The van der Waals surface area contributed by atoms with Crippen LogP contribution < -0.4 is 5.32 Å². The first-order valence-electron chi connectivity index (χ1n) is 9.05. The Hall–Kier alpha value is -4.04. The minimum Gasteiger partial charge on any atom is -0.344 e. The number of aromatic nitrogens is 4. The molecule has 1 atom stereocenters. The van der Waals surface area contributed by atoms with Gasteiger partial charge in [-0.05, 0) is 36.6 Å². The third-order valence-corrected chi connectivity index (χ3v) is 4.41. The van der Waals surface area contributed by atoms with Crippen molar-refractivity contribution in [2.75, 3.05) is 0 Å². The largest absolute Gasteiger partial charge is 0.344 e. The third-order valence-electron chi connectivity index (χ3n) is 4.41. The van der Waals surface area contributed by atoms with Crippen LogP contribution in [0, 0.1) is 22.7 Å². The molecule has 3 aromatic rings. The van der Waals surface area contributed by atoms with E-state index < -0.39 is 6.04 Å². The smallest absolute Gasteiger partial charge is 0.251 e. The fourth-order valence-corrected chi connectivity index (χ4v) is 2.85. The van der Waals surface area contributed by atoms with Crippen LogP contribution >= 0.6 is 0 Å². The molecule has 0 saturated carbocycles. The van der Waals surface area contributed by atoms with Crippen molar-refractivity contribution in [1.82, 2.24) is 25.1 Å². The molecular weight excluding hydrogens is 366 g/mol. The Labute approximate surface area is 168 Å². The number of carbonyl (C=O) groups is 1. The van der Waals surface area contributed by atoms with Gasteiger partial charge in [0.25, 0.3) is 5.91 Å². The second-order valence-corrected chi connectivity index (χ2v) is 6.86. The van der Waals surface area contributed by atoms with Gasteiger partial charge in [0.05, 0.1) is 35.6 Å². The maximum atomic E-state index is 12.8. The van der Waals surface area contributed by atoms with E-state index in [1.807, 2.05) is 19.9 Å². The quantitative estimate of drug-likeness (QED) is 0.721. The summed E-state index contributed by atoms with van der Waals surface area (Å²) in [5.41, 5.74) is 2.68. The molecule has 1 unspecified atom stereocenters. The number of amides is 1. The Kier molecular flexibility index (Phi) is 5.66. The van der Waals surface area contributed by atoms with Crippen molar-refractivity contribution in [1.29, 1.82) is 10.5 Å². The lowest BCUT2D eigenvalue weighted by Crippen LogP contribution is -2.28. The summed E-state index contributed by atoms with van der Waals surface area (Å²) in [5, 5.41) is 25.3. The van der Waals surface area contributed by atoms with Crippen LogP contribution in [0.15, 0.2) is 43.0 Å². The second kappa shape index (κ2) is 8.32. The topological polar surface area (TPSA) is 120 Å². The number of carbonyl (C=O) groups excluding carboxylic acids is 1. The molecule has 0 radical (unpaired) electrons. The number of rotatable bonds is 5. The maximum absolute atomic E-state index is 12.8. The minimum absolute atomic E-state index is 0.188. The molecule has 2 aromatic heterocycles. The van der Waals surface area contributed by atoms with Gasteiger partial charge in [0.2, 0.25) is 0 Å². The van der Waals surface area contributed by atoms with Crippen molar-refractivity contribution in [3.8, 4) is 18.0 Å². The Bertz CT molecular complexity index is 1130. The van der Waals surface area contributed by atoms with Crippen LogP contribution in [0.1, 0.15) is 65.5 Å². The summed E-state index contributed by atoms with van der Waals surface area (Å²) in [7, 11) is 0. The fraction of sp³-hybridized carbons (Fsp3) is 0.238. The highest BCUT2D eigenvalue weighted by atomic mass is 16.1. The average molecular weight is 385 g/mol. The summed E-state index contributed by atoms with van der Waals surface area (Å²) < 4.78 is 1.46. The SMILES string of the molecule is CC(C)c1cc(C#N)cc(C(=O)NC(C)c2nccnc2-n2cc(C#N)cn2)c1. The van der Waals surface area contributed by atoms with Gasteiger partial charge in [-0.3, -0.25) is 9.78 Å². The summed E-state index contributed by atoms with van der Waals surface area (Å²) >= 11 is 0. The average Bonchev–Trinajstić information content (AvgIpc) is 3.22. The zero-order valence-electron chi connectivity index (χ0n) is 16.3. The van der Waals surface area contributed by atoms with Crippen LogP contribution in [0.3, 0.4) is 0 Å². The highest BCUT2D eigenvalue weighted by Crippen LogP contribution is 2.21. The van der Waals surface area contributed by atoms with E-state index in [1.54, 1.807) is 31.3 Å². The number of nitriles is 2. The Balaban J connectivity index is 1.89. The van der Waals surface area contributed by atoms with E-state index >= 15 is 0 Å². The van der Waals surface area contributed by atoms with Crippen LogP contribution in [-0.2, 0) is 0 Å². The second-order valence-electron chi connectivity index (χ2n) is 6.86. The van der Waals surface area contributed by atoms with E-state index in [2.05, 4.69) is 26.5 Å². The molecule has 2 heterocycles. The Morgan fingerprint density at radius 2 is 1.79 bits per heavy atom. The molecule has 0 aliphatic rings. The lowest BCUT2D eigenvalue weighted by molar-refractivity contribution is 0.0939. The normalized spacial score (nSPS) is 11.5. The van der Waals surface area contributed by atoms with Crippen LogP contribution in [0.4, 0.5) is 0 Å². The van der Waals surface area contributed by atoms with Crippen LogP contribution in [0.5, 0.6) is 0 Å². The number of nitrogens with one attached hydrogen (secondary N) is 1. The van der Waals surface area contributed by atoms with Gasteiger partial charge in [-0.2, -0.15) is 15.6 Å². The zero-order chi connectivity index (χ0) is 21.0. The van der Waals surface area contributed by atoms with Crippen molar-refractivity contribution in [2.45, 2.75) is 32.7 Å². The first-order valence-corrected chi connectivity index (χ1v) is 9.05. The van der Waals surface area contributed by atoms with Gasteiger partial charge in [0, 0.05) is 18.0 Å². The molecule has 144 valence electrons. The van der Waals surface area contributed by atoms with Gasteiger partial charge in [-0.15, -0.1) is 0 Å². The molecule has 1 aromatic carbocycles. The summed E-state index contributed by atoms with van der Waals surface area (Å²) in [5.74, 6) is 0.301. The van der Waals surface area contributed by atoms with E-state index in [0.29, 0.717) is 28.2 Å². The molecule has 1 amide bonds. The minimum atomic E-state index is -0.478. The molecule has 0 spiro atoms. The van der Waals surface area contributed by atoms with Crippen molar-refractivity contribution in [3.05, 3.63) is 70.9 Å². The van der Waals surface area contributed by atoms with Crippen LogP contribution in [0.2, 0.25) is 0 Å². The molecule has 3 rings (SSSR count). The molecule has 8 heteroatoms. The lowest BCUT2D eigenvalue weighted by Gasteiger charge is -2.17. The van der Waals surface area contributed by atoms with Crippen LogP contribution in [0.25, 0.3) is 5.82 Å². The molecule has 1 N–H and O–H groups in total. The summed E-state index contributed by atoms with van der Waals surface area (Å²) in [6, 6.07) is 8.79. The molecule has 0 bridgehead atoms. The van der Waals surface area contributed by atoms with Crippen LogP contribution in [-0.4, -0.2) is 25.7 Å². The highest BCUT2D eigenvalue weighted by Gasteiger charge is 2.19. The van der Waals surface area contributed by atoms with Crippen molar-refractivity contribution in [3.63, 3.8) is 0 Å². The summed E-state index contributed by atoms with van der Waals surface area (Å²) in [6.45, 7) is 5.80. The molecule has 0 aliphatic heterocycles. The monoisotopic (exact) mass is 385 g/mol. The van der Waals surface area contributed by atoms with E-state index in [0.717, 1.165) is 5.56 Å². The summed E-state index contributed by atoms with van der Waals surface area (Å²) in [4.78, 5) is 21.5. The Morgan fingerprint density at radius 1 is 1.07 bits per heavy atom.